The quantitative estimate of drug-likeness (QED) is 0.585. The van der Waals surface area contributed by atoms with Gasteiger partial charge in [0.25, 0.3) is 5.69 Å². The molecule has 0 heterocycles. The zero-order valence-corrected chi connectivity index (χ0v) is 12.2. The molecule has 7 nitrogen and oxygen atoms in total. The Hall–Kier alpha value is -1.51. The van der Waals surface area contributed by atoms with Gasteiger partial charge >= 0.3 is 0 Å². The molecule has 1 rings (SSSR count). The number of rotatable bonds is 7. The molecular formula is C12H18N2O5S. The van der Waals surface area contributed by atoms with Crippen molar-refractivity contribution >= 4 is 15.7 Å². The van der Waals surface area contributed by atoms with Crippen LogP contribution in [-0.2, 0) is 10.0 Å². The standard InChI is InChI=1S/C12H18N2O5S/c1-3-7-12(2,15)9-13-20(18,19)11-6-4-5-10(8-11)14(16)17/h4-6,8,13,15H,3,7,9H2,1-2H3. The predicted octanol–water partition coefficient (Wildman–Crippen LogP) is 1.42. The van der Waals surface area contributed by atoms with Crippen LogP contribution in [-0.4, -0.2) is 30.6 Å². The van der Waals surface area contributed by atoms with Crippen molar-refractivity contribution < 1.29 is 18.4 Å². The Bertz CT molecular complexity index is 583. The Balaban J connectivity index is 2.89. The first-order valence-corrected chi connectivity index (χ1v) is 7.63. The van der Waals surface area contributed by atoms with Crippen LogP contribution in [0.3, 0.4) is 0 Å². The predicted molar refractivity (Wildman–Crippen MR) is 73.8 cm³/mol. The summed E-state index contributed by atoms with van der Waals surface area (Å²) >= 11 is 0. The van der Waals surface area contributed by atoms with Crippen molar-refractivity contribution in [2.45, 2.75) is 37.2 Å². The third-order valence-corrected chi connectivity index (χ3v) is 4.17. The summed E-state index contributed by atoms with van der Waals surface area (Å²) in [6.07, 6.45) is 1.16. The fourth-order valence-electron chi connectivity index (χ4n) is 1.73. The van der Waals surface area contributed by atoms with E-state index < -0.39 is 20.5 Å². The Morgan fingerprint density at radius 3 is 2.65 bits per heavy atom. The van der Waals surface area contributed by atoms with Gasteiger partial charge in [-0.3, -0.25) is 10.1 Å². The molecule has 112 valence electrons. The fraction of sp³-hybridized carbons (Fsp3) is 0.500. The van der Waals surface area contributed by atoms with Crippen molar-refractivity contribution in [1.29, 1.82) is 0 Å². The second kappa shape index (κ2) is 6.29. The first kappa shape index (κ1) is 16.5. The Morgan fingerprint density at radius 2 is 2.10 bits per heavy atom. The van der Waals surface area contributed by atoms with Gasteiger partial charge in [0.2, 0.25) is 10.0 Å². The highest BCUT2D eigenvalue weighted by atomic mass is 32.2. The number of benzene rings is 1. The summed E-state index contributed by atoms with van der Waals surface area (Å²) in [5.74, 6) is 0. The molecule has 0 spiro atoms. The highest BCUT2D eigenvalue weighted by Crippen LogP contribution is 2.18. The molecule has 8 heteroatoms. The second-order valence-electron chi connectivity index (χ2n) is 4.83. The molecule has 20 heavy (non-hydrogen) atoms. The SMILES string of the molecule is CCCC(C)(O)CNS(=O)(=O)c1cccc([N+](=O)[O-])c1. The number of nitrogens with one attached hydrogen (secondary N) is 1. The molecule has 1 atom stereocenters. The van der Waals surface area contributed by atoms with Crippen molar-refractivity contribution in [2.24, 2.45) is 0 Å². The zero-order valence-electron chi connectivity index (χ0n) is 11.4. The summed E-state index contributed by atoms with van der Waals surface area (Å²) in [4.78, 5) is 9.78. The summed E-state index contributed by atoms with van der Waals surface area (Å²) in [5, 5.41) is 20.6. The van der Waals surface area contributed by atoms with Crippen LogP contribution in [0.5, 0.6) is 0 Å². The minimum absolute atomic E-state index is 0.147. The average molecular weight is 302 g/mol. The fourth-order valence-corrected chi connectivity index (χ4v) is 2.93. The maximum atomic E-state index is 12.0. The van der Waals surface area contributed by atoms with E-state index in [9.17, 15) is 23.6 Å². The van der Waals surface area contributed by atoms with Crippen molar-refractivity contribution in [3.05, 3.63) is 34.4 Å². The lowest BCUT2D eigenvalue weighted by Crippen LogP contribution is -2.40. The molecular weight excluding hydrogens is 284 g/mol. The third kappa shape index (κ3) is 4.55. The normalized spacial score (nSPS) is 14.8. The van der Waals surface area contributed by atoms with E-state index in [2.05, 4.69) is 4.72 Å². The summed E-state index contributed by atoms with van der Waals surface area (Å²) in [6.45, 7) is 3.27. The molecule has 2 N–H and O–H groups in total. The van der Waals surface area contributed by atoms with E-state index >= 15 is 0 Å². The molecule has 0 saturated heterocycles. The highest BCUT2D eigenvalue weighted by molar-refractivity contribution is 7.89. The molecule has 0 aliphatic rings. The first-order chi connectivity index (χ1) is 9.18. The molecule has 0 amide bonds. The monoisotopic (exact) mass is 302 g/mol. The minimum atomic E-state index is -3.88. The van der Waals surface area contributed by atoms with Crippen LogP contribution in [0.1, 0.15) is 26.7 Å². The lowest BCUT2D eigenvalue weighted by Gasteiger charge is -2.22. The van der Waals surface area contributed by atoms with Crippen molar-refractivity contribution in [1.82, 2.24) is 4.72 Å². The van der Waals surface area contributed by atoms with Gasteiger partial charge in [0.05, 0.1) is 15.4 Å². The Morgan fingerprint density at radius 1 is 1.45 bits per heavy atom. The van der Waals surface area contributed by atoms with Crippen molar-refractivity contribution in [3.63, 3.8) is 0 Å². The van der Waals surface area contributed by atoms with Crippen LogP contribution in [0.2, 0.25) is 0 Å². The number of sulfonamides is 1. The molecule has 0 aliphatic carbocycles. The largest absolute Gasteiger partial charge is 0.389 e. The van der Waals surface area contributed by atoms with E-state index in [1.165, 1.54) is 25.1 Å². The van der Waals surface area contributed by atoms with Crippen LogP contribution < -0.4 is 4.72 Å². The van der Waals surface area contributed by atoms with Crippen LogP contribution in [0.15, 0.2) is 29.2 Å². The molecule has 0 fully saturated rings. The summed E-state index contributed by atoms with van der Waals surface area (Å²) in [5.41, 5.74) is -1.45. The van der Waals surface area contributed by atoms with E-state index in [0.717, 1.165) is 6.07 Å². The third-order valence-electron chi connectivity index (χ3n) is 2.77. The van der Waals surface area contributed by atoms with Gasteiger partial charge in [0.15, 0.2) is 0 Å². The first-order valence-electron chi connectivity index (χ1n) is 6.14. The number of nitrogens with zero attached hydrogens (tertiary/aromatic N) is 1. The minimum Gasteiger partial charge on any atom is -0.389 e. The van der Waals surface area contributed by atoms with Gasteiger partial charge in [-0.05, 0) is 19.4 Å². The Kier molecular flexibility index (Phi) is 5.21. The van der Waals surface area contributed by atoms with Gasteiger partial charge in [0, 0.05) is 18.7 Å². The number of hydrogen-bond acceptors (Lipinski definition) is 5. The van der Waals surface area contributed by atoms with E-state index in [-0.39, 0.29) is 17.1 Å². The molecule has 0 saturated carbocycles. The van der Waals surface area contributed by atoms with Crippen LogP contribution in [0.25, 0.3) is 0 Å². The number of aliphatic hydroxyl groups is 1. The van der Waals surface area contributed by atoms with Gasteiger partial charge < -0.3 is 5.11 Å². The molecule has 0 bridgehead atoms. The summed E-state index contributed by atoms with van der Waals surface area (Å²) < 4.78 is 26.3. The van der Waals surface area contributed by atoms with Gasteiger partial charge in [-0.1, -0.05) is 19.4 Å². The van der Waals surface area contributed by atoms with E-state index in [1.54, 1.807) is 0 Å². The van der Waals surface area contributed by atoms with Crippen LogP contribution in [0, 0.1) is 10.1 Å². The number of nitro groups is 1. The zero-order chi connectivity index (χ0) is 15.4. The van der Waals surface area contributed by atoms with Gasteiger partial charge in [-0.2, -0.15) is 0 Å². The van der Waals surface area contributed by atoms with E-state index in [0.29, 0.717) is 12.8 Å². The molecule has 1 unspecified atom stereocenters. The van der Waals surface area contributed by atoms with Crippen LogP contribution >= 0.6 is 0 Å². The lowest BCUT2D eigenvalue weighted by molar-refractivity contribution is -0.385. The highest BCUT2D eigenvalue weighted by Gasteiger charge is 2.24. The molecule has 1 aromatic rings. The van der Waals surface area contributed by atoms with Crippen molar-refractivity contribution in [3.8, 4) is 0 Å². The Labute approximate surface area is 117 Å². The molecule has 1 aromatic carbocycles. The second-order valence-corrected chi connectivity index (χ2v) is 6.59. The van der Waals surface area contributed by atoms with Crippen LogP contribution in [0.4, 0.5) is 5.69 Å². The molecule has 0 aliphatic heterocycles. The maximum absolute atomic E-state index is 12.0. The smallest absolute Gasteiger partial charge is 0.270 e. The number of nitro benzene ring substituents is 1. The van der Waals surface area contributed by atoms with Crippen molar-refractivity contribution in [2.75, 3.05) is 6.54 Å². The van der Waals surface area contributed by atoms with E-state index in [4.69, 9.17) is 0 Å². The van der Waals surface area contributed by atoms with Gasteiger partial charge in [-0.15, -0.1) is 0 Å². The molecule has 0 aromatic heterocycles. The lowest BCUT2D eigenvalue weighted by atomic mass is 10.0. The average Bonchev–Trinajstić information content (AvgIpc) is 2.37. The topological polar surface area (TPSA) is 110 Å². The van der Waals surface area contributed by atoms with E-state index in [1.807, 2.05) is 6.92 Å². The van der Waals surface area contributed by atoms with Gasteiger partial charge in [-0.25, -0.2) is 13.1 Å². The maximum Gasteiger partial charge on any atom is 0.270 e. The summed E-state index contributed by atoms with van der Waals surface area (Å²) in [6, 6.07) is 4.77. The molecule has 0 radical (unpaired) electrons. The summed E-state index contributed by atoms with van der Waals surface area (Å²) in [7, 11) is -3.88. The number of hydrogen-bond donors (Lipinski definition) is 2. The number of non-ortho nitro benzene ring substituents is 1. The van der Waals surface area contributed by atoms with Gasteiger partial charge in [0.1, 0.15) is 0 Å².